The van der Waals surface area contributed by atoms with E-state index in [0.717, 1.165) is 25.8 Å². The van der Waals surface area contributed by atoms with Gasteiger partial charge in [-0.05, 0) is 26.2 Å². The lowest BCUT2D eigenvalue weighted by Crippen LogP contribution is -2.47. The smallest absolute Gasteiger partial charge is 0.225 e. The first kappa shape index (κ1) is 24.4. The molecule has 0 aromatic rings. The van der Waals surface area contributed by atoms with Gasteiger partial charge in [0.15, 0.2) is 5.96 Å². The molecule has 2 rings (SSSR count). The van der Waals surface area contributed by atoms with Crippen molar-refractivity contribution in [1.82, 2.24) is 20.3 Å². The summed E-state index contributed by atoms with van der Waals surface area (Å²) in [6, 6.07) is 0.182. The van der Waals surface area contributed by atoms with Crippen LogP contribution in [0.25, 0.3) is 0 Å². The minimum absolute atomic E-state index is 0. The van der Waals surface area contributed by atoms with Gasteiger partial charge in [0.1, 0.15) is 0 Å². The number of nitrogens with one attached hydrogen (secondary N) is 3. The molecule has 8 nitrogen and oxygen atoms in total. The van der Waals surface area contributed by atoms with Crippen LogP contribution < -0.4 is 15.4 Å². The molecule has 158 valence electrons. The Bertz CT molecular complexity index is 593. The molecular weight excluding hydrogens is 481 g/mol. The second kappa shape index (κ2) is 12.1. The highest BCUT2D eigenvalue weighted by atomic mass is 127. The lowest BCUT2D eigenvalue weighted by molar-refractivity contribution is -0.135. The molecule has 1 amide bonds. The minimum atomic E-state index is -3.17. The SMILES string of the molecule is CCS(=O)(=O)NCCNC(=NC)NC1CCN(C(=O)C2CCCCC2)C1.I. The molecule has 0 aromatic heterocycles. The van der Waals surface area contributed by atoms with Crippen LogP contribution in [0.1, 0.15) is 45.4 Å². The summed E-state index contributed by atoms with van der Waals surface area (Å²) in [4.78, 5) is 18.8. The predicted molar refractivity (Wildman–Crippen MR) is 119 cm³/mol. The standard InChI is InChI=1S/C17H33N5O3S.HI/c1-3-26(24,25)20-11-10-19-17(18-2)21-15-9-12-22(13-15)16(23)14-7-5-4-6-8-14;/h14-15,20H,3-13H2,1-2H3,(H2,18,19,21);1H. The first-order valence-corrected chi connectivity index (χ1v) is 11.3. The van der Waals surface area contributed by atoms with Gasteiger partial charge < -0.3 is 15.5 Å². The van der Waals surface area contributed by atoms with Crippen molar-refractivity contribution < 1.29 is 13.2 Å². The normalized spacial score (nSPS) is 21.6. The third kappa shape index (κ3) is 8.10. The van der Waals surface area contributed by atoms with Crippen LogP contribution in [0.5, 0.6) is 0 Å². The number of carbonyl (C=O) groups excluding carboxylic acids is 1. The molecular formula is C17H34IN5O3S. The van der Waals surface area contributed by atoms with Gasteiger partial charge in [-0.15, -0.1) is 24.0 Å². The van der Waals surface area contributed by atoms with Crippen molar-refractivity contribution >= 4 is 45.9 Å². The maximum Gasteiger partial charge on any atom is 0.225 e. The topological polar surface area (TPSA) is 103 Å². The number of hydrogen-bond donors (Lipinski definition) is 3. The Balaban J connectivity index is 0.00000364. The second-order valence-electron chi connectivity index (χ2n) is 7.05. The van der Waals surface area contributed by atoms with E-state index in [4.69, 9.17) is 0 Å². The molecule has 0 bridgehead atoms. The highest BCUT2D eigenvalue weighted by Crippen LogP contribution is 2.26. The molecule has 1 saturated carbocycles. The van der Waals surface area contributed by atoms with Gasteiger partial charge in [-0.25, -0.2) is 13.1 Å². The summed E-state index contributed by atoms with van der Waals surface area (Å²) < 4.78 is 25.3. The fraction of sp³-hybridized carbons (Fsp3) is 0.882. The number of nitrogens with zero attached hydrogens (tertiary/aromatic N) is 2. The Morgan fingerprint density at radius 3 is 2.48 bits per heavy atom. The van der Waals surface area contributed by atoms with Crippen molar-refractivity contribution in [2.75, 3.05) is 39.0 Å². The van der Waals surface area contributed by atoms with E-state index >= 15 is 0 Å². The quantitative estimate of drug-likeness (QED) is 0.202. The highest BCUT2D eigenvalue weighted by Gasteiger charge is 2.31. The Morgan fingerprint density at radius 1 is 1.15 bits per heavy atom. The van der Waals surface area contributed by atoms with Crippen molar-refractivity contribution in [3.63, 3.8) is 0 Å². The molecule has 0 spiro atoms. The van der Waals surface area contributed by atoms with E-state index in [0.29, 0.717) is 31.5 Å². The second-order valence-corrected chi connectivity index (χ2v) is 9.14. The number of rotatable bonds is 7. The van der Waals surface area contributed by atoms with Gasteiger partial charge in [0, 0.05) is 45.2 Å². The summed E-state index contributed by atoms with van der Waals surface area (Å²) in [5.74, 6) is 1.24. The molecule has 1 saturated heterocycles. The van der Waals surface area contributed by atoms with Gasteiger partial charge in [0.25, 0.3) is 0 Å². The summed E-state index contributed by atoms with van der Waals surface area (Å²) in [6.45, 7) is 3.87. The Labute approximate surface area is 180 Å². The molecule has 1 heterocycles. The van der Waals surface area contributed by atoms with Gasteiger partial charge in [0.05, 0.1) is 5.75 Å². The van der Waals surface area contributed by atoms with Gasteiger partial charge >= 0.3 is 0 Å². The van der Waals surface area contributed by atoms with Crippen molar-refractivity contribution in [3.05, 3.63) is 0 Å². The molecule has 1 atom stereocenters. The van der Waals surface area contributed by atoms with E-state index in [1.54, 1.807) is 14.0 Å². The van der Waals surface area contributed by atoms with Crippen molar-refractivity contribution in [2.45, 2.75) is 51.5 Å². The molecule has 2 aliphatic rings. The average Bonchev–Trinajstić information content (AvgIpc) is 3.12. The summed E-state index contributed by atoms with van der Waals surface area (Å²) in [6.07, 6.45) is 6.56. The third-order valence-electron chi connectivity index (χ3n) is 5.14. The maximum absolute atomic E-state index is 12.6. The summed E-state index contributed by atoms with van der Waals surface area (Å²) in [7, 11) is -1.48. The number of likely N-dealkylation sites (tertiary alicyclic amines) is 1. The van der Waals surface area contributed by atoms with Crippen LogP contribution in [0.2, 0.25) is 0 Å². The molecule has 0 radical (unpaired) electrons. The van der Waals surface area contributed by atoms with E-state index < -0.39 is 10.0 Å². The van der Waals surface area contributed by atoms with Gasteiger partial charge in [0.2, 0.25) is 15.9 Å². The van der Waals surface area contributed by atoms with Crippen LogP contribution in [0.3, 0.4) is 0 Å². The molecule has 0 aromatic carbocycles. The first-order chi connectivity index (χ1) is 12.4. The predicted octanol–water partition coefficient (Wildman–Crippen LogP) is 0.890. The van der Waals surface area contributed by atoms with E-state index in [-0.39, 0.29) is 41.7 Å². The molecule has 1 aliphatic carbocycles. The van der Waals surface area contributed by atoms with Crippen LogP contribution in [-0.4, -0.2) is 70.2 Å². The number of aliphatic imine (C=N–C) groups is 1. The van der Waals surface area contributed by atoms with E-state index in [1.807, 2.05) is 4.90 Å². The fourth-order valence-electron chi connectivity index (χ4n) is 3.56. The van der Waals surface area contributed by atoms with Crippen LogP contribution in [-0.2, 0) is 14.8 Å². The monoisotopic (exact) mass is 515 g/mol. The molecule has 1 aliphatic heterocycles. The lowest BCUT2D eigenvalue weighted by Gasteiger charge is -2.26. The Kier molecular flexibility index (Phi) is 10.9. The number of halogens is 1. The van der Waals surface area contributed by atoms with Gasteiger partial charge in [-0.3, -0.25) is 9.79 Å². The highest BCUT2D eigenvalue weighted by molar-refractivity contribution is 14.0. The summed E-state index contributed by atoms with van der Waals surface area (Å²) >= 11 is 0. The number of carbonyl (C=O) groups is 1. The van der Waals surface area contributed by atoms with Gasteiger partial charge in [-0.2, -0.15) is 0 Å². The largest absolute Gasteiger partial charge is 0.355 e. The van der Waals surface area contributed by atoms with Crippen LogP contribution in [0, 0.1) is 5.92 Å². The van der Waals surface area contributed by atoms with Crippen LogP contribution >= 0.6 is 24.0 Å². The third-order valence-corrected chi connectivity index (χ3v) is 6.54. The van der Waals surface area contributed by atoms with Crippen LogP contribution in [0.15, 0.2) is 4.99 Å². The van der Waals surface area contributed by atoms with E-state index in [1.165, 1.54) is 19.3 Å². The van der Waals surface area contributed by atoms with Crippen LogP contribution in [0.4, 0.5) is 0 Å². The number of amides is 1. The van der Waals surface area contributed by atoms with Crippen molar-refractivity contribution in [2.24, 2.45) is 10.9 Å². The van der Waals surface area contributed by atoms with E-state index in [9.17, 15) is 13.2 Å². The zero-order valence-corrected chi connectivity index (χ0v) is 19.5. The van der Waals surface area contributed by atoms with Crippen molar-refractivity contribution in [1.29, 1.82) is 0 Å². The molecule has 1 unspecified atom stereocenters. The fourth-order valence-corrected chi connectivity index (χ4v) is 4.18. The Morgan fingerprint density at radius 2 is 1.85 bits per heavy atom. The lowest BCUT2D eigenvalue weighted by atomic mass is 9.88. The zero-order chi connectivity index (χ0) is 19.0. The first-order valence-electron chi connectivity index (χ1n) is 9.68. The molecule has 10 heteroatoms. The van der Waals surface area contributed by atoms with E-state index in [2.05, 4.69) is 20.3 Å². The molecule has 3 N–H and O–H groups in total. The van der Waals surface area contributed by atoms with Crippen molar-refractivity contribution in [3.8, 4) is 0 Å². The maximum atomic E-state index is 12.6. The molecule has 27 heavy (non-hydrogen) atoms. The molecule has 2 fully saturated rings. The number of sulfonamides is 1. The number of hydrogen-bond acceptors (Lipinski definition) is 4. The number of guanidine groups is 1. The summed E-state index contributed by atoms with van der Waals surface area (Å²) in [5, 5.41) is 6.44. The van der Waals surface area contributed by atoms with Gasteiger partial charge in [-0.1, -0.05) is 19.3 Å². The minimum Gasteiger partial charge on any atom is -0.355 e. The zero-order valence-electron chi connectivity index (χ0n) is 16.4. The Hall–Kier alpha value is -0.620. The average molecular weight is 515 g/mol. The summed E-state index contributed by atoms with van der Waals surface area (Å²) in [5.41, 5.74) is 0.